The highest BCUT2D eigenvalue weighted by Crippen LogP contribution is 2.51. The summed E-state index contributed by atoms with van der Waals surface area (Å²) in [4.78, 5) is 5.35. The zero-order valence-corrected chi connectivity index (χ0v) is 15.7. The second-order valence-electron chi connectivity index (χ2n) is 5.90. The van der Waals surface area contributed by atoms with Crippen molar-refractivity contribution in [1.82, 2.24) is 4.98 Å². The lowest BCUT2D eigenvalue weighted by Crippen LogP contribution is -2.10. The number of halogens is 1. The molecule has 1 aromatic carbocycles. The summed E-state index contributed by atoms with van der Waals surface area (Å²) in [6.07, 6.45) is 2.80. The highest BCUT2D eigenvalue weighted by Gasteiger charge is 2.33. The Balaban J connectivity index is 1.81. The minimum atomic E-state index is -0.667. The molecule has 126 valence electrons. The molecule has 2 atom stereocenters. The van der Waals surface area contributed by atoms with E-state index in [-0.39, 0.29) is 5.92 Å². The summed E-state index contributed by atoms with van der Waals surface area (Å²) in [6.45, 7) is 0. The van der Waals surface area contributed by atoms with Gasteiger partial charge in [-0.3, -0.25) is 4.98 Å². The first kappa shape index (κ1) is 16.9. The standard InChI is InChI=1S/C20H16ClNOS2/c21-16-5-3-13(4-6-16)17-12-25-20(15-7-9-24-11-15)18(17)19(23)14-2-1-8-22-10-14/h1-11,17,19,23H,12H2. The second kappa shape index (κ2) is 7.34. The average Bonchev–Trinajstić information content (AvgIpc) is 3.32. The van der Waals surface area contributed by atoms with Gasteiger partial charge in [0, 0.05) is 39.6 Å². The number of thiophene rings is 1. The topological polar surface area (TPSA) is 33.1 Å². The van der Waals surface area contributed by atoms with Gasteiger partial charge in [0.1, 0.15) is 6.10 Å². The lowest BCUT2D eigenvalue weighted by atomic mass is 9.86. The highest BCUT2D eigenvalue weighted by molar-refractivity contribution is 8.08. The van der Waals surface area contributed by atoms with Gasteiger partial charge in [0.05, 0.1) is 0 Å². The number of nitrogens with zero attached hydrogens (tertiary/aromatic N) is 1. The number of thioether (sulfide) groups is 1. The maximum absolute atomic E-state index is 11.1. The van der Waals surface area contributed by atoms with Gasteiger partial charge in [0.25, 0.3) is 0 Å². The lowest BCUT2D eigenvalue weighted by Gasteiger charge is -2.21. The van der Waals surface area contributed by atoms with Crippen molar-refractivity contribution in [2.45, 2.75) is 12.0 Å². The van der Waals surface area contributed by atoms with Crippen LogP contribution in [0.2, 0.25) is 5.02 Å². The molecule has 0 saturated heterocycles. The van der Waals surface area contributed by atoms with Crippen LogP contribution < -0.4 is 0 Å². The Morgan fingerprint density at radius 2 is 2.00 bits per heavy atom. The van der Waals surface area contributed by atoms with E-state index in [1.165, 1.54) is 16.0 Å². The van der Waals surface area contributed by atoms with Crippen LogP contribution in [0.15, 0.2) is 71.2 Å². The molecule has 2 unspecified atom stereocenters. The fourth-order valence-electron chi connectivity index (χ4n) is 3.14. The van der Waals surface area contributed by atoms with Gasteiger partial charge in [-0.15, -0.1) is 11.8 Å². The van der Waals surface area contributed by atoms with Crippen molar-refractivity contribution in [2.24, 2.45) is 0 Å². The Kier molecular flexibility index (Phi) is 4.95. The van der Waals surface area contributed by atoms with Gasteiger partial charge in [-0.2, -0.15) is 11.3 Å². The fourth-order valence-corrected chi connectivity index (χ4v) is 5.41. The molecular formula is C20H16ClNOS2. The van der Waals surface area contributed by atoms with E-state index >= 15 is 0 Å². The molecular weight excluding hydrogens is 370 g/mol. The van der Waals surface area contributed by atoms with Gasteiger partial charge >= 0.3 is 0 Å². The molecule has 4 rings (SSSR count). The molecule has 5 heteroatoms. The van der Waals surface area contributed by atoms with Crippen LogP contribution in [-0.4, -0.2) is 15.8 Å². The Hall–Kier alpha value is -1.59. The maximum atomic E-state index is 11.1. The van der Waals surface area contributed by atoms with Gasteiger partial charge in [-0.25, -0.2) is 0 Å². The van der Waals surface area contributed by atoms with Crippen molar-refractivity contribution in [3.63, 3.8) is 0 Å². The van der Waals surface area contributed by atoms with E-state index in [9.17, 15) is 5.11 Å². The largest absolute Gasteiger partial charge is 0.384 e. The van der Waals surface area contributed by atoms with Crippen LogP contribution in [0.3, 0.4) is 0 Å². The van der Waals surface area contributed by atoms with E-state index in [1.54, 1.807) is 23.7 Å². The van der Waals surface area contributed by atoms with E-state index in [0.29, 0.717) is 0 Å². The first-order valence-corrected chi connectivity index (χ1v) is 10.3. The molecule has 0 bridgehead atoms. The van der Waals surface area contributed by atoms with Crippen LogP contribution in [0.1, 0.15) is 28.7 Å². The summed E-state index contributed by atoms with van der Waals surface area (Å²) in [6, 6.07) is 13.9. The molecule has 1 aliphatic heterocycles. The molecule has 1 N–H and O–H groups in total. The van der Waals surface area contributed by atoms with Crippen molar-refractivity contribution < 1.29 is 5.11 Å². The molecule has 0 saturated carbocycles. The molecule has 0 aliphatic carbocycles. The predicted molar refractivity (Wildman–Crippen MR) is 107 cm³/mol. The summed E-state index contributed by atoms with van der Waals surface area (Å²) in [7, 11) is 0. The Morgan fingerprint density at radius 3 is 2.68 bits per heavy atom. The molecule has 3 aromatic rings. The normalized spacial score (nSPS) is 18.6. The first-order valence-electron chi connectivity index (χ1n) is 7.97. The minimum Gasteiger partial charge on any atom is -0.384 e. The van der Waals surface area contributed by atoms with Crippen molar-refractivity contribution in [1.29, 1.82) is 0 Å². The van der Waals surface area contributed by atoms with E-state index in [2.05, 4.69) is 33.9 Å². The monoisotopic (exact) mass is 385 g/mol. The molecule has 0 fully saturated rings. The molecule has 25 heavy (non-hydrogen) atoms. The van der Waals surface area contributed by atoms with E-state index in [4.69, 9.17) is 11.6 Å². The molecule has 1 aliphatic rings. The SMILES string of the molecule is OC(C1=C(c2ccsc2)SCC1c1ccc(Cl)cc1)c1cccnc1. The number of hydrogen-bond acceptors (Lipinski definition) is 4. The number of aromatic nitrogens is 1. The summed E-state index contributed by atoms with van der Waals surface area (Å²) < 4.78 is 0. The van der Waals surface area contributed by atoms with Crippen LogP contribution in [0, 0.1) is 0 Å². The number of pyridine rings is 1. The Labute approximate surface area is 160 Å². The third-order valence-electron chi connectivity index (χ3n) is 4.38. The molecule has 2 nitrogen and oxygen atoms in total. The van der Waals surface area contributed by atoms with Crippen molar-refractivity contribution >= 4 is 39.6 Å². The third-order valence-corrected chi connectivity index (χ3v) is 6.58. The zero-order chi connectivity index (χ0) is 17.2. The van der Waals surface area contributed by atoms with E-state index in [1.807, 2.05) is 36.0 Å². The summed E-state index contributed by atoms with van der Waals surface area (Å²) in [5.41, 5.74) is 4.25. The molecule has 2 aromatic heterocycles. The van der Waals surface area contributed by atoms with Crippen molar-refractivity contribution in [3.8, 4) is 0 Å². The van der Waals surface area contributed by atoms with Crippen LogP contribution in [-0.2, 0) is 0 Å². The summed E-state index contributed by atoms with van der Waals surface area (Å²) in [5, 5.41) is 16.1. The van der Waals surface area contributed by atoms with Gasteiger partial charge < -0.3 is 5.11 Å². The summed E-state index contributed by atoms with van der Waals surface area (Å²) >= 11 is 9.54. The predicted octanol–water partition coefficient (Wildman–Crippen LogP) is 5.77. The number of rotatable bonds is 4. The first-order chi connectivity index (χ1) is 12.2. The zero-order valence-electron chi connectivity index (χ0n) is 13.3. The molecule has 3 heterocycles. The number of hydrogen-bond donors (Lipinski definition) is 1. The van der Waals surface area contributed by atoms with Crippen molar-refractivity contribution in [2.75, 3.05) is 5.75 Å². The van der Waals surface area contributed by atoms with E-state index in [0.717, 1.165) is 21.9 Å². The Bertz CT molecular complexity index is 876. The smallest absolute Gasteiger partial charge is 0.104 e. The van der Waals surface area contributed by atoms with Gasteiger partial charge in [-0.1, -0.05) is 29.8 Å². The fraction of sp³-hybridized carbons (Fsp3) is 0.150. The van der Waals surface area contributed by atoms with Crippen LogP contribution in [0.4, 0.5) is 0 Å². The van der Waals surface area contributed by atoms with E-state index < -0.39 is 6.10 Å². The summed E-state index contributed by atoms with van der Waals surface area (Å²) in [5.74, 6) is 1.08. The number of aliphatic hydroxyl groups is 1. The second-order valence-corrected chi connectivity index (χ2v) is 8.15. The lowest BCUT2D eigenvalue weighted by molar-refractivity contribution is 0.210. The van der Waals surface area contributed by atoms with Crippen LogP contribution in [0.25, 0.3) is 4.91 Å². The Morgan fingerprint density at radius 1 is 1.16 bits per heavy atom. The van der Waals surface area contributed by atoms with Gasteiger partial charge in [-0.05, 0) is 51.7 Å². The molecule has 0 amide bonds. The molecule has 0 radical (unpaired) electrons. The van der Waals surface area contributed by atoms with Crippen molar-refractivity contribution in [3.05, 3.63) is 92.9 Å². The highest BCUT2D eigenvalue weighted by atomic mass is 35.5. The van der Waals surface area contributed by atoms with Gasteiger partial charge in [0.15, 0.2) is 0 Å². The minimum absolute atomic E-state index is 0.160. The average molecular weight is 386 g/mol. The van der Waals surface area contributed by atoms with Crippen LogP contribution in [0.5, 0.6) is 0 Å². The molecule has 0 spiro atoms. The number of benzene rings is 1. The third kappa shape index (κ3) is 3.40. The quantitative estimate of drug-likeness (QED) is 0.618. The van der Waals surface area contributed by atoms with Gasteiger partial charge in [0.2, 0.25) is 0 Å². The maximum Gasteiger partial charge on any atom is 0.104 e. The van der Waals surface area contributed by atoms with Crippen LogP contribution >= 0.6 is 34.7 Å². The number of aliphatic hydroxyl groups excluding tert-OH is 1.